The summed E-state index contributed by atoms with van der Waals surface area (Å²) in [6.07, 6.45) is 0. The number of methoxy groups -OCH3 is 1. The topological polar surface area (TPSA) is 54.5 Å². The second-order valence-corrected chi connectivity index (χ2v) is 7.31. The van der Waals surface area contributed by atoms with Crippen molar-refractivity contribution in [2.75, 3.05) is 26.0 Å². The van der Waals surface area contributed by atoms with Gasteiger partial charge in [-0.25, -0.2) is 4.98 Å². The number of anilines is 1. The predicted octanol–water partition coefficient (Wildman–Crippen LogP) is 4.54. The minimum Gasteiger partial charge on any atom is -0.496 e. The number of nitrogens with one attached hydrogen (secondary N) is 1. The maximum absolute atomic E-state index is 12.2. The van der Waals surface area contributed by atoms with Crippen molar-refractivity contribution in [1.29, 1.82) is 0 Å². The molecule has 1 heterocycles. The van der Waals surface area contributed by atoms with Gasteiger partial charge in [-0.1, -0.05) is 35.9 Å². The summed E-state index contributed by atoms with van der Waals surface area (Å²) < 4.78 is 5.40. The predicted molar refractivity (Wildman–Crippen MR) is 111 cm³/mol. The number of hydrogen-bond acceptors (Lipinski definition) is 5. The third-order valence-corrected chi connectivity index (χ3v) is 5.14. The van der Waals surface area contributed by atoms with Crippen molar-refractivity contribution in [1.82, 2.24) is 9.88 Å². The minimum atomic E-state index is -0.120. The monoisotopic (exact) mass is 401 g/mol. The van der Waals surface area contributed by atoms with Gasteiger partial charge in [0, 0.05) is 11.9 Å². The molecule has 0 spiro atoms. The van der Waals surface area contributed by atoms with Crippen molar-refractivity contribution < 1.29 is 9.53 Å². The van der Waals surface area contributed by atoms with E-state index in [-0.39, 0.29) is 12.5 Å². The molecule has 140 valence electrons. The van der Waals surface area contributed by atoms with Gasteiger partial charge in [0.05, 0.1) is 35.6 Å². The lowest BCUT2D eigenvalue weighted by Crippen LogP contribution is -2.30. The van der Waals surface area contributed by atoms with Crippen molar-refractivity contribution in [3.63, 3.8) is 0 Å². The third kappa shape index (κ3) is 5.07. The van der Waals surface area contributed by atoms with E-state index in [0.29, 0.717) is 17.3 Å². The molecule has 27 heavy (non-hydrogen) atoms. The van der Waals surface area contributed by atoms with Crippen LogP contribution in [0.1, 0.15) is 5.69 Å². The number of benzene rings is 2. The number of rotatable bonds is 7. The molecular weight excluding hydrogens is 382 g/mol. The van der Waals surface area contributed by atoms with Crippen molar-refractivity contribution in [2.45, 2.75) is 6.54 Å². The largest absolute Gasteiger partial charge is 0.496 e. The van der Waals surface area contributed by atoms with E-state index < -0.39 is 0 Å². The molecule has 2 aromatic carbocycles. The van der Waals surface area contributed by atoms with Crippen molar-refractivity contribution in [3.8, 4) is 16.3 Å². The summed E-state index contributed by atoms with van der Waals surface area (Å²) in [5.41, 5.74) is 2.49. The third-order valence-electron chi connectivity index (χ3n) is 3.88. The van der Waals surface area contributed by atoms with E-state index >= 15 is 0 Å². The fourth-order valence-electron chi connectivity index (χ4n) is 2.65. The summed E-state index contributed by atoms with van der Waals surface area (Å²) in [5.74, 6) is 0.677. The Morgan fingerprint density at radius 2 is 1.96 bits per heavy atom. The molecule has 0 radical (unpaired) electrons. The molecule has 3 rings (SSSR count). The second-order valence-electron chi connectivity index (χ2n) is 6.04. The first-order valence-corrected chi connectivity index (χ1v) is 9.63. The molecule has 0 fully saturated rings. The van der Waals surface area contributed by atoms with Crippen LogP contribution >= 0.6 is 22.9 Å². The van der Waals surface area contributed by atoms with Crippen LogP contribution in [0.25, 0.3) is 10.6 Å². The van der Waals surface area contributed by atoms with Crippen LogP contribution in [0, 0.1) is 0 Å². The van der Waals surface area contributed by atoms with Gasteiger partial charge in [-0.2, -0.15) is 0 Å². The molecule has 1 amide bonds. The van der Waals surface area contributed by atoms with Crippen LogP contribution in [0.15, 0.2) is 53.9 Å². The first-order valence-electron chi connectivity index (χ1n) is 8.37. The molecule has 7 heteroatoms. The number of para-hydroxylation sites is 2. The number of thiazole rings is 1. The summed E-state index contributed by atoms with van der Waals surface area (Å²) in [7, 11) is 3.53. The SMILES string of the molecule is COc1ccccc1-c1nc(CN(C)CC(=O)Nc2ccccc2Cl)cs1. The van der Waals surface area contributed by atoms with E-state index in [2.05, 4.69) is 10.3 Å². The Hall–Kier alpha value is -2.41. The number of nitrogens with zero attached hydrogens (tertiary/aromatic N) is 2. The summed E-state index contributed by atoms with van der Waals surface area (Å²) >= 11 is 7.63. The number of carbonyl (C=O) groups excluding carboxylic acids is 1. The lowest BCUT2D eigenvalue weighted by Gasteiger charge is -2.15. The summed E-state index contributed by atoms with van der Waals surface area (Å²) in [5, 5.41) is 6.25. The zero-order chi connectivity index (χ0) is 19.2. The number of halogens is 1. The van der Waals surface area contributed by atoms with E-state index in [4.69, 9.17) is 16.3 Å². The molecule has 0 unspecified atom stereocenters. The number of ether oxygens (including phenoxy) is 1. The van der Waals surface area contributed by atoms with Gasteiger partial charge >= 0.3 is 0 Å². The molecular formula is C20H20ClN3O2S. The molecule has 0 saturated heterocycles. The summed E-state index contributed by atoms with van der Waals surface area (Å²) in [6, 6.07) is 15.0. The summed E-state index contributed by atoms with van der Waals surface area (Å²) in [6.45, 7) is 0.814. The van der Waals surface area contributed by atoms with Crippen molar-refractivity contribution in [3.05, 3.63) is 64.6 Å². The van der Waals surface area contributed by atoms with Gasteiger partial charge in [0.2, 0.25) is 5.91 Å². The first-order chi connectivity index (χ1) is 13.1. The Kier molecular flexibility index (Phi) is 6.45. The van der Waals surface area contributed by atoms with Gasteiger partial charge in [0.1, 0.15) is 10.8 Å². The lowest BCUT2D eigenvalue weighted by atomic mass is 10.2. The van der Waals surface area contributed by atoms with Crippen LogP contribution in [-0.4, -0.2) is 36.5 Å². The van der Waals surface area contributed by atoms with Gasteiger partial charge in [0.25, 0.3) is 0 Å². The molecule has 0 aliphatic heterocycles. The highest BCUT2D eigenvalue weighted by molar-refractivity contribution is 7.13. The molecule has 0 saturated carbocycles. The Balaban J connectivity index is 1.60. The Bertz CT molecular complexity index is 929. The Morgan fingerprint density at radius 3 is 2.74 bits per heavy atom. The number of amides is 1. The maximum Gasteiger partial charge on any atom is 0.238 e. The standard InChI is InChI=1S/C20H20ClN3O2S/c1-24(12-19(25)23-17-9-5-4-8-16(17)21)11-14-13-27-20(22-14)15-7-3-6-10-18(15)26-2/h3-10,13H,11-12H2,1-2H3,(H,23,25). The zero-order valence-electron chi connectivity index (χ0n) is 15.1. The van der Waals surface area contributed by atoms with Crippen LogP contribution in [0.2, 0.25) is 5.02 Å². The average Bonchev–Trinajstić information content (AvgIpc) is 3.11. The lowest BCUT2D eigenvalue weighted by molar-refractivity contribution is -0.117. The van der Waals surface area contributed by atoms with E-state index in [0.717, 1.165) is 22.0 Å². The highest BCUT2D eigenvalue weighted by Crippen LogP contribution is 2.32. The van der Waals surface area contributed by atoms with E-state index in [9.17, 15) is 4.79 Å². The fraction of sp³-hybridized carbons (Fsp3) is 0.200. The highest BCUT2D eigenvalue weighted by Gasteiger charge is 2.13. The normalized spacial score (nSPS) is 10.8. The van der Waals surface area contributed by atoms with Gasteiger partial charge in [0.15, 0.2) is 0 Å². The number of likely N-dealkylation sites (N-methyl/N-ethyl adjacent to an activating group) is 1. The molecule has 0 bridgehead atoms. The van der Waals surface area contributed by atoms with Gasteiger partial charge in [-0.05, 0) is 31.3 Å². The average molecular weight is 402 g/mol. The minimum absolute atomic E-state index is 0.120. The summed E-state index contributed by atoms with van der Waals surface area (Å²) in [4.78, 5) is 18.8. The van der Waals surface area contributed by atoms with Gasteiger partial charge < -0.3 is 10.1 Å². The van der Waals surface area contributed by atoms with Crippen LogP contribution in [-0.2, 0) is 11.3 Å². The fourth-order valence-corrected chi connectivity index (χ4v) is 3.68. The zero-order valence-corrected chi connectivity index (χ0v) is 16.7. The number of hydrogen-bond donors (Lipinski definition) is 1. The molecule has 1 N–H and O–H groups in total. The van der Waals surface area contributed by atoms with Crippen LogP contribution in [0.4, 0.5) is 5.69 Å². The maximum atomic E-state index is 12.2. The van der Waals surface area contributed by atoms with E-state index in [1.807, 2.05) is 53.7 Å². The number of carbonyl (C=O) groups is 1. The second kappa shape index (κ2) is 8.99. The van der Waals surface area contributed by atoms with Crippen LogP contribution in [0.5, 0.6) is 5.75 Å². The van der Waals surface area contributed by atoms with Gasteiger partial charge in [-0.3, -0.25) is 9.69 Å². The molecule has 3 aromatic rings. The van der Waals surface area contributed by atoms with Crippen molar-refractivity contribution >= 4 is 34.5 Å². The number of aromatic nitrogens is 1. The van der Waals surface area contributed by atoms with E-state index in [1.165, 1.54) is 0 Å². The molecule has 0 atom stereocenters. The molecule has 5 nitrogen and oxygen atoms in total. The first kappa shape index (κ1) is 19.4. The van der Waals surface area contributed by atoms with Crippen molar-refractivity contribution in [2.24, 2.45) is 0 Å². The Morgan fingerprint density at radius 1 is 1.22 bits per heavy atom. The highest BCUT2D eigenvalue weighted by atomic mass is 35.5. The van der Waals surface area contributed by atoms with Crippen LogP contribution in [0.3, 0.4) is 0 Å². The molecule has 1 aromatic heterocycles. The quantitative estimate of drug-likeness (QED) is 0.631. The van der Waals surface area contributed by atoms with E-state index in [1.54, 1.807) is 30.6 Å². The Labute approximate surface area is 167 Å². The van der Waals surface area contributed by atoms with Crippen LogP contribution < -0.4 is 10.1 Å². The molecule has 0 aliphatic rings. The van der Waals surface area contributed by atoms with Gasteiger partial charge in [-0.15, -0.1) is 11.3 Å². The smallest absolute Gasteiger partial charge is 0.238 e. The molecule has 0 aliphatic carbocycles.